The molecule has 2 aliphatic carbocycles. The van der Waals surface area contributed by atoms with Crippen molar-refractivity contribution in [3.8, 4) is 11.1 Å². The Hall–Kier alpha value is -2.38. The van der Waals surface area contributed by atoms with E-state index in [0.29, 0.717) is 11.8 Å². The third kappa shape index (κ3) is 2.81. The van der Waals surface area contributed by atoms with Gasteiger partial charge < -0.3 is 0 Å². The lowest BCUT2D eigenvalue weighted by Crippen LogP contribution is -2.18. The van der Waals surface area contributed by atoms with Gasteiger partial charge in [0.1, 0.15) is 0 Å². The van der Waals surface area contributed by atoms with Crippen molar-refractivity contribution >= 4 is 0 Å². The second-order valence-corrected chi connectivity index (χ2v) is 9.06. The minimum atomic E-state index is 0.670. The van der Waals surface area contributed by atoms with E-state index in [-0.39, 0.29) is 0 Å². The van der Waals surface area contributed by atoms with E-state index in [1.54, 1.807) is 0 Å². The number of nitrogens with zero attached hydrogens (tertiary/aromatic N) is 1. The summed E-state index contributed by atoms with van der Waals surface area (Å²) in [5.41, 5.74) is 8.76. The van der Waals surface area contributed by atoms with Gasteiger partial charge in [0.2, 0.25) is 0 Å². The molecule has 0 amide bonds. The Morgan fingerprint density at radius 1 is 0.679 bits per heavy atom. The summed E-state index contributed by atoms with van der Waals surface area (Å²) in [7, 11) is 0. The smallest absolute Gasteiger partial charge is 0.0243 e. The number of benzene rings is 3. The average Bonchev–Trinajstić information content (AvgIpc) is 3.65. The molecule has 2 fully saturated rings. The van der Waals surface area contributed by atoms with E-state index in [2.05, 4.69) is 84.6 Å². The fraction of sp³-hybridized carbons (Fsp3) is 0.333. The van der Waals surface area contributed by atoms with E-state index in [1.165, 1.54) is 46.2 Å². The molecule has 3 aromatic rings. The molecule has 1 aliphatic heterocycles. The summed E-state index contributed by atoms with van der Waals surface area (Å²) >= 11 is 0. The van der Waals surface area contributed by atoms with Crippen LogP contribution in [0.15, 0.2) is 72.8 Å². The van der Waals surface area contributed by atoms with E-state index in [9.17, 15) is 0 Å². The van der Waals surface area contributed by atoms with Gasteiger partial charge in [0, 0.05) is 19.1 Å². The Morgan fingerprint density at radius 3 is 2.04 bits per heavy atom. The number of hydrogen-bond acceptors (Lipinski definition) is 1. The second-order valence-electron chi connectivity index (χ2n) is 9.06. The van der Waals surface area contributed by atoms with Crippen LogP contribution in [0.25, 0.3) is 11.1 Å². The average molecular weight is 366 g/mol. The van der Waals surface area contributed by atoms with Crippen LogP contribution in [0.5, 0.6) is 0 Å². The molecule has 0 spiro atoms. The van der Waals surface area contributed by atoms with E-state index in [4.69, 9.17) is 0 Å². The van der Waals surface area contributed by atoms with Crippen LogP contribution >= 0.6 is 0 Å². The second kappa shape index (κ2) is 6.32. The van der Waals surface area contributed by atoms with Crippen LogP contribution in [0.2, 0.25) is 0 Å². The van der Waals surface area contributed by atoms with Crippen molar-refractivity contribution in [2.45, 2.75) is 50.7 Å². The fourth-order valence-electron chi connectivity index (χ4n) is 5.36. The first-order valence-corrected chi connectivity index (χ1v) is 10.8. The Morgan fingerprint density at radius 2 is 1.32 bits per heavy atom. The molecule has 28 heavy (non-hydrogen) atoms. The molecule has 0 N–H and O–H groups in total. The van der Waals surface area contributed by atoms with Gasteiger partial charge in [-0.2, -0.15) is 0 Å². The molecule has 3 aliphatic rings. The van der Waals surface area contributed by atoms with Gasteiger partial charge in [0.15, 0.2) is 0 Å². The minimum absolute atomic E-state index is 0.670. The lowest BCUT2D eigenvalue weighted by Gasteiger charge is -2.12. The number of rotatable bonds is 4. The summed E-state index contributed by atoms with van der Waals surface area (Å²) in [4.78, 5) is 2.65. The summed E-state index contributed by atoms with van der Waals surface area (Å²) in [6.45, 7) is 4.69. The maximum Gasteiger partial charge on any atom is 0.0243 e. The van der Waals surface area contributed by atoms with Gasteiger partial charge in [-0.15, -0.1) is 0 Å². The molecule has 0 radical (unpaired) electrons. The molecule has 0 bridgehead atoms. The van der Waals surface area contributed by atoms with Gasteiger partial charge in [0.25, 0.3) is 0 Å². The molecule has 3 aromatic carbocycles. The fourth-order valence-corrected chi connectivity index (χ4v) is 5.36. The van der Waals surface area contributed by atoms with Crippen molar-refractivity contribution in [1.29, 1.82) is 0 Å². The zero-order valence-corrected chi connectivity index (χ0v) is 16.5. The highest BCUT2D eigenvalue weighted by atomic mass is 15.2. The molecule has 0 aromatic heterocycles. The highest BCUT2D eigenvalue weighted by Crippen LogP contribution is 2.60. The summed E-state index contributed by atoms with van der Waals surface area (Å²) in [5.74, 6) is 2.09. The molecular weight excluding hydrogens is 338 g/mol. The van der Waals surface area contributed by atoms with Gasteiger partial charge in [-0.3, -0.25) is 4.90 Å². The van der Waals surface area contributed by atoms with E-state index >= 15 is 0 Å². The van der Waals surface area contributed by atoms with Gasteiger partial charge in [0.05, 0.1) is 0 Å². The molecule has 6 rings (SSSR count). The zero-order valence-electron chi connectivity index (χ0n) is 16.5. The summed E-state index contributed by atoms with van der Waals surface area (Å²) in [6.07, 6.45) is 2.79. The predicted molar refractivity (Wildman–Crippen MR) is 115 cm³/mol. The van der Waals surface area contributed by atoms with Gasteiger partial charge in [-0.25, -0.2) is 0 Å². The molecule has 0 unspecified atom stereocenters. The molecule has 1 heterocycles. The molecule has 140 valence electrons. The van der Waals surface area contributed by atoms with Crippen molar-refractivity contribution in [2.24, 2.45) is 5.92 Å². The molecule has 3 atom stereocenters. The first kappa shape index (κ1) is 16.6. The first-order chi connectivity index (χ1) is 13.8. The Labute approximate surface area is 168 Å². The largest absolute Gasteiger partial charge is 0.292 e. The molecular formula is C27H27N. The predicted octanol–water partition coefficient (Wildman–Crippen LogP) is 6.35. The third-order valence-corrected chi connectivity index (χ3v) is 7.21. The maximum absolute atomic E-state index is 2.65. The van der Waals surface area contributed by atoms with Crippen LogP contribution in [0.3, 0.4) is 0 Å². The summed E-state index contributed by atoms with van der Waals surface area (Å²) in [5, 5.41) is 0. The highest BCUT2D eigenvalue weighted by molar-refractivity contribution is 5.66. The van der Waals surface area contributed by atoms with Crippen LogP contribution in [0.1, 0.15) is 53.9 Å². The quantitative estimate of drug-likeness (QED) is 0.521. The Bertz CT molecular complexity index is 1000. The molecule has 1 heteroatoms. The lowest BCUT2D eigenvalue weighted by molar-refractivity contribution is 0.273. The SMILES string of the molecule is C[C@@H]1[C@H](c2ccccc2)[C@H]1c1ccc(-c2ccc3c(c2)CN(C2CC2)C3)cc1. The number of fused-ring (bicyclic) bond motifs is 1. The number of hydrogen-bond donors (Lipinski definition) is 0. The van der Waals surface area contributed by atoms with Crippen LogP contribution in [-0.2, 0) is 13.1 Å². The van der Waals surface area contributed by atoms with Crippen molar-refractivity contribution in [2.75, 3.05) is 0 Å². The van der Waals surface area contributed by atoms with Gasteiger partial charge in [-0.05, 0) is 70.0 Å². The summed E-state index contributed by atoms with van der Waals surface area (Å²) < 4.78 is 0. The van der Waals surface area contributed by atoms with Crippen molar-refractivity contribution in [1.82, 2.24) is 4.90 Å². The normalized spacial score (nSPS) is 26.2. The van der Waals surface area contributed by atoms with Crippen molar-refractivity contribution in [3.05, 3.63) is 95.1 Å². The monoisotopic (exact) mass is 365 g/mol. The first-order valence-electron chi connectivity index (χ1n) is 10.8. The Balaban J connectivity index is 1.22. The molecule has 0 saturated heterocycles. The van der Waals surface area contributed by atoms with Gasteiger partial charge in [-0.1, -0.05) is 73.7 Å². The highest BCUT2D eigenvalue weighted by Gasteiger charge is 2.48. The van der Waals surface area contributed by atoms with Crippen LogP contribution in [0, 0.1) is 5.92 Å². The maximum atomic E-state index is 2.65. The Kier molecular flexibility index (Phi) is 3.74. The lowest BCUT2D eigenvalue weighted by atomic mass is 9.98. The van der Waals surface area contributed by atoms with Crippen LogP contribution < -0.4 is 0 Å². The van der Waals surface area contributed by atoms with E-state index < -0.39 is 0 Å². The van der Waals surface area contributed by atoms with Crippen molar-refractivity contribution < 1.29 is 0 Å². The molecule has 1 nitrogen and oxygen atoms in total. The topological polar surface area (TPSA) is 3.24 Å². The minimum Gasteiger partial charge on any atom is -0.292 e. The zero-order chi connectivity index (χ0) is 18.7. The van der Waals surface area contributed by atoms with Crippen molar-refractivity contribution in [3.63, 3.8) is 0 Å². The molecule has 2 saturated carbocycles. The summed E-state index contributed by atoms with van der Waals surface area (Å²) in [6, 6.07) is 28.4. The van der Waals surface area contributed by atoms with E-state index in [1.807, 2.05) is 0 Å². The van der Waals surface area contributed by atoms with E-state index in [0.717, 1.165) is 25.0 Å². The van der Waals surface area contributed by atoms with Crippen LogP contribution in [0.4, 0.5) is 0 Å². The van der Waals surface area contributed by atoms with Gasteiger partial charge >= 0.3 is 0 Å². The standard InChI is InChI=1S/C27H27N/c1-18-26(20-5-3-2-4-6-20)27(18)21-9-7-19(8-10-21)22-11-12-23-16-28(25-13-14-25)17-24(23)15-22/h2-12,15,18,25-27H,13-14,16-17H2,1H3/t18-,26-,27-/m1/s1. The van der Waals surface area contributed by atoms with Crippen LogP contribution in [-0.4, -0.2) is 10.9 Å². The third-order valence-electron chi connectivity index (χ3n) is 7.21.